The number of hydrogen-bond donors (Lipinski definition) is 2. The summed E-state index contributed by atoms with van der Waals surface area (Å²) in [6, 6.07) is 9.95. The Hall–Kier alpha value is -1.39. The van der Waals surface area contributed by atoms with Crippen molar-refractivity contribution in [1.29, 1.82) is 0 Å². The highest BCUT2D eigenvalue weighted by atomic mass is 16.5. The molecule has 0 fully saturated rings. The monoisotopic (exact) mass is 278 g/mol. The van der Waals surface area contributed by atoms with Crippen LogP contribution in [0.5, 0.6) is 0 Å². The molecular formula is C16H26N2O2. The van der Waals surface area contributed by atoms with E-state index in [1.165, 1.54) is 0 Å². The topological polar surface area (TPSA) is 50.4 Å². The normalized spacial score (nSPS) is 12.4. The van der Waals surface area contributed by atoms with Gasteiger partial charge < -0.3 is 15.4 Å². The van der Waals surface area contributed by atoms with E-state index < -0.39 is 0 Å². The van der Waals surface area contributed by atoms with E-state index in [1.54, 1.807) is 7.11 Å². The lowest BCUT2D eigenvalue weighted by atomic mass is 9.88. The highest BCUT2D eigenvalue weighted by Gasteiger charge is 2.23. The zero-order valence-electron chi connectivity index (χ0n) is 12.7. The van der Waals surface area contributed by atoms with Gasteiger partial charge in [0.2, 0.25) is 5.91 Å². The van der Waals surface area contributed by atoms with Gasteiger partial charge >= 0.3 is 0 Å². The minimum atomic E-state index is -0.0878. The number of carbonyl (C=O) groups excluding carboxylic acids is 1. The Morgan fingerprint density at radius 2 is 1.85 bits per heavy atom. The van der Waals surface area contributed by atoms with E-state index in [0.29, 0.717) is 13.2 Å². The van der Waals surface area contributed by atoms with Crippen molar-refractivity contribution in [3.8, 4) is 0 Å². The van der Waals surface area contributed by atoms with Crippen LogP contribution in [0.25, 0.3) is 0 Å². The molecule has 1 aromatic carbocycles. The predicted octanol–water partition coefficient (Wildman–Crippen LogP) is 1.78. The zero-order chi connectivity index (χ0) is 14.8. The molecule has 112 valence electrons. The van der Waals surface area contributed by atoms with Crippen LogP contribution in [-0.2, 0) is 9.53 Å². The number of carbonyl (C=O) groups is 1. The first-order valence-corrected chi connectivity index (χ1v) is 7.19. The van der Waals surface area contributed by atoms with Gasteiger partial charge in [-0.15, -0.1) is 0 Å². The Bertz CT molecular complexity index is 379. The van der Waals surface area contributed by atoms with Crippen LogP contribution < -0.4 is 10.6 Å². The molecule has 0 aliphatic carbocycles. The summed E-state index contributed by atoms with van der Waals surface area (Å²) in [6.45, 7) is 7.04. The molecule has 4 nitrogen and oxygen atoms in total. The number of methoxy groups -OCH3 is 1. The molecule has 0 radical (unpaired) electrons. The standard InChI is InChI=1S/C16H26N2O2/c1-13(2)15(14-7-5-4-6-8-14)16(19)18-10-9-17-11-12-20-3/h4-8,13,15,17H,9-12H2,1-3H3,(H,18,19). The van der Waals surface area contributed by atoms with E-state index in [-0.39, 0.29) is 17.7 Å². The van der Waals surface area contributed by atoms with Crippen molar-refractivity contribution in [3.63, 3.8) is 0 Å². The Kier molecular flexibility index (Phi) is 7.92. The van der Waals surface area contributed by atoms with Crippen molar-refractivity contribution in [1.82, 2.24) is 10.6 Å². The molecule has 0 aliphatic rings. The summed E-state index contributed by atoms with van der Waals surface area (Å²) in [5.41, 5.74) is 1.08. The van der Waals surface area contributed by atoms with E-state index in [4.69, 9.17) is 4.74 Å². The second kappa shape index (κ2) is 9.50. The fourth-order valence-corrected chi connectivity index (χ4v) is 2.18. The van der Waals surface area contributed by atoms with E-state index >= 15 is 0 Å². The number of ether oxygens (including phenoxy) is 1. The van der Waals surface area contributed by atoms with Crippen molar-refractivity contribution in [2.24, 2.45) is 5.92 Å². The molecular weight excluding hydrogens is 252 g/mol. The third kappa shape index (κ3) is 5.72. The lowest BCUT2D eigenvalue weighted by Gasteiger charge is -2.20. The van der Waals surface area contributed by atoms with Gasteiger partial charge in [-0.3, -0.25) is 4.79 Å². The van der Waals surface area contributed by atoms with Gasteiger partial charge in [-0.05, 0) is 11.5 Å². The molecule has 0 aromatic heterocycles. The van der Waals surface area contributed by atoms with E-state index in [0.717, 1.165) is 18.7 Å². The summed E-state index contributed by atoms with van der Waals surface area (Å²) in [5.74, 6) is 0.286. The Morgan fingerprint density at radius 3 is 2.45 bits per heavy atom. The number of nitrogens with one attached hydrogen (secondary N) is 2. The molecule has 4 heteroatoms. The highest BCUT2D eigenvalue weighted by Crippen LogP contribution is 2.24. The van der Waals surface area contributed by atoms with Gasteiger partial charge in [0.1, 0.15) is 0 Å². The molecule has 0 spiro atoms. The van der Waals surface area contributed by atoms with E-state index in [9.17, 15) is 4.79 Å². The summed E-state index contributed by atoms with van der Waals surface area (Å²) in [5, 5.41) is 6.21. The molecule has 0 heterocycles. The lowest BCUT2D eigenvalue weighted by Crippen LogP contribution is -2.37. The number of amides is 1. The highest BCUT2D eigenvalue weighted by molar-refractivity contribution is 5.83. The van der Waals surface area contributed by atoms with Gasteiger partial charge in [0.15, 0.2) is 0 Å². The molecule has 20 heavy (non-hydrogen) atoms. The SMILES string of the molecule is COCCNCCNC(=O)C(c1ccccc1)C(C)C. The van der Waals surface area contributed by atoms with Gasteiger partial charge in [0.05, 0.1) is 12.5 Å². The van der Waals surface area contributed by atoms with Gasteiger partial charge in [-0.1, -0.05) is 44.2 Å². The molecule has 1 rings (SSSR count). The molecule has 1 unspecified atom stereocenters. The molecule has 1 amide bonds. The number of hydrogen-bond acceptors (Lipinski definition) is 3. The average molecular weight is 278 g/mol. The van der Waals surface area contributed by atoms with Crippen molar-refractivity contribution in [2.45, 2.75) is 19.8 Å². The van der Waals surface area contributed by atoms with E-state index in [1.807, 2.05) is 30.3 Å². The van der Waals surface area contributed by atoms with Crippen LogP contribution in [0.1, 0.15) is 25.3 Å². The van der Waals surface area contributed by atoms with Crippen molar-refractivity contribution < 1.29 is 9.53 Å². The second-order valence-corrected chi connectivity index (χ2v) is 5.17. The molecule has 1 atom stereocenters. The van der Waals surface area contributed by atoms with Crippen LogP contribution in [-0.4, -0.2) is 39.3 Å². The molecule has 0 bridgehead atoms. The fourth-order valence-electron chi connectivity index (χ4n) is 2.18. The van der Waals surface area contributed by atoms with Crippen molar-refractivity contribution in [3.05, 3.63) is 35.9 Å². The molecule has 0 aliphatic heterocycles. The van der Waals surface area contributed by atoms with Crippen LogP contribution >= 0.6 is 0 Å². The molecule has 1 aromatic rings. The lowest BCUT2D eigenvalue weighted by molar-refractivity contribution is -0.123. The van der Waals surface area contributed by atoms with Gasteiger partial charge in [-0.25, -0.2) is 0 Å². The molecule has 0 saturated carbocycles. The minimum Gasteiger partial charge on any atom is -0.383 e. The van der Waals surface area contributed by atoms with E-state index in [2.05, 4.69) is 24.5 Å². The van der Waals surface area contributed by atoms with Gasteiger partial charge in [0, 0.05) is 26.7 Å². The maximum atomic E-state index is 12.3. The fraction of sp³-hybridized carbons (Fsp3) is 0.562. The second-order valence-electron chi connectivity index (χ2n) is 5.17. The zero-order valence-corrected chi connectivity index (χ0v) is 12.7. The Labute approximate surface area is 121 Å². The van der Waals surface area contributed by atoms with Crippen molar-refractivity contribution in [2.75, 3.05) is 33.4 Å². The quantitative estimate of drug-likeness (QED) is 0.677. The summed E-state index contributed by atoms with van der Waals surface area (Å²) in [6.07, 6.45) is 0. The number of benzene rings is 1. The van der Waals surface area contributed by atoms with Crippen LogP contribution in [0.3, 0.4) is 0 Å². The third-order valence-corrected chi connectivity index (χ3v) is 3.19. The Balaban J connectivity index is 2.42. The first kappa shape index (κ1) is 16.7. The summed E-state index contributed by atoms with van der Waals surface area (Å²) < 4.78 is 4.95. The van der Waals surface area contributed by atoms with Gasteiger partial charge in [0.25, 0.3) is 0 Å². The van der Waals surface area contributed by atoms with Crippen LogP contribution in [0.15, 0.2) is 30.3 Å². The van der Waals surface area contributed by atoms with Crippen LogP contribution in [0.4, 0.5) is 0 Å². The minimum absolute atomic E-state index is 0.0878. The first-order valence-electron chi connectivity index (χ1n) is 7.19. The third-order valence-electron chi connectivity index (χ3n) is 3.19. The summed E-state index contributed by atoms with van der Waals surface area (Å²) in [4.78, 5) is 12.3. The summed E-state index contributed by atoms with van der Waals surface area (Å²) >= 11 is 0. The molecule has 0 saturated heterocycles. The smallest absolute Gasteiger partial charge is 0.227 e. The maximum Gasteiger partial charge on any atom is 0.227 e. The van der Waals surface area contributed by atoms with Crippen molar-refractivity contribution >= 4 is 5.91 Å². The van der Waals surface area contributed by atoms with Crippen LogP contribution in [0, 0.1) is 5.92 Å². The maximum absolute atomic E-state index is 12.3. The predicted molar refractivity (Wildman–Crippen MR) is 81.8 cm³/mol. The summed E-state index contributed by atoms with van der Waals surface area (Å²) in [7, 11) is 1.68. The van der Waals surface area contributed by atoms with Crippen LogP contribution in [0.2, 0.25) is 0 Å². The average Bonchev–Trinajstić information content (AvgIpc) is 2.43. The number of rotatable bonds is 9. The largest absolute Gasteiger partial charge is 0.383 e. The Morgan fingerprint density at radius 1 is 1.15 bits per heavy atom. The first-order chi connectivity index (χ1) is 9.66. The molecule has 2 N–H and O–H groups in total. The van der Waals surface area contributed by atoms with Gasteiger partial charge in [-0.2, -0.15) is 0 Å².